The van der Waals surface area contributed by atoms with Crippen molar-refractivity contribution in [2.24, 2.45) is 0 Å². The number of hydrogen-bond donors (Lipinski definition) is 2. The number of aliphatic hydroxyl groups excluding tert-OH is 1. The summed E-state index contributed by atoms with van der Waals surface area (Å²) in [6.45, 7) is 4.74. The molecule has 0 saturated heterocycles. The molecule has 0 radical (unpaired) electrons. The van der Waals surface area contributed by atoms with Gasteiger partial charge >= 0.3 is 0 Å². The second kappa shape index (κ2) is 55.5. The van der Waals surface area contributed by atoms with E-state index in [9.17, 15) is 19.4 Å². The van der Waals surface area contributed by atoms with Gasteiger partial charge in [0.05, 0.1) is 39.9 Å². The van der Waals surface area contributed by atoms with E-state index in [4.69, 9.17) is 9.05 Å². The van der Waals surface area contributed by atoms with Crippen molar-refractivity contribution in [3.05, 3.63) is 36.5 Å². The van der Waals surface area contributed by atoms with Crippen LogP contribution < -0.4 is 10.2 Å². The minimum absolute atomic E-state index is 0.0143. The molecule has 0 fully saturated rings. The molecule has 0 rings (SSSR count). The molecule has 1 amide bonds. The Hall–Kier alpha value is -1.28. The first-order valence-corrected chi connectivity index (χ1v) is 33.3. The summed E-state index contributed by atoms with van der Waals surface area (Å²) in [4.78, 5) is 25.5. The van der Waals surface area contributed by atoms with Crippen molar-refractivity contribution in [3.63, 3.8) is 0 Å². The smallest absolute Gasteiger partial charge is 0.268 e. The minimum atomic E-state index is -4.57. The summed E-state index contributed by atoms with van der Waals surface area (Å²) in [6.07, 6.45) is 72.1. The lowest BCUT2D eigenvalue weighted by Crippen LogP contribution is -2.46. The standard InChI is InChI=1S/C64H125N2O6P/c1-6-8-10-12-14-16-18-20-22-23-24-25-26-27-28-29-30-31-32-33-34-35-36-37-38-39-40-41-42-43-44-46-48-50-52-54-56-58-64(68)65-62(61-72-73(69,70)71-60-59-66(3,4)5)63(67)57-55-53-51-49-47-45-21-19-17-15-13-11-9-7-2/h18,20,23-24,26-27,62-63,67H,6-17,19,21-22,25,28-61H2,1-5H3,(H-,65,68,69,70)/b20-18-,24-23-,27-26-. The zero-order valence-corrected chi connectivity index (χ0v) is 50.3. The number of rotatable bonds is 59. The average Bonchev–Trinajstić information content (AvgIpc) is 3.35. The van der Waals surface area contributed by atoms with Gasteiger partial charge in [0.25, 0.3) is 7.82 Å². The number of unbranched alkanes of at least 4 members (excludes halogenated alkanes) is 40. The summed E-state index contributed by atoms with van der Waals surface area (Å²) >= 11 is 0. The molecule has 0 heterocycles. The third-order valence-corrected chi connectivity index (χ3v) is 15.6. The van der Waals surface area contributed by atoms with E-state index in [0.29, 0.717) is 23.9 Å². The maximum Gasteiger partial charge on any atom is 0.268 e. The van der Waals surface area contributed by atoms with Gasteiger partial charge in [-0.25, -0.2) is 0 Å². The minimum Gasteiger partial charge on any atom is -0.756 e. The third kappa shape index (κ3) is 58.2. The fourth-order valence-electron chi connectivity index (χ4n) is 9.64. The molecular formula is C64H125N2O6P. The number of phosphoric ester groups is 1. The number of hydrogen-bond acceptors (Lipinski definition) is 6. The number of allylic oxidation sites excluding steroid dienone is 6. The van der Waals surface area contributed by atoms with E-state index < -0.39 is 20.0 Å². The highest BCUT2D eigenvalue weighted by atomic mass is 31.2. The van der Waals surface area contributed by atoms with Crippen molar-refractivity contribution in [1.82, 2.24) is 5.32 Å². The lowest BCUT2D eigenvalue weighted by molar-refractivity contribution is -0.870. The van der Waals surface area contributed by atoms with Crippen LogP contribution in [0.1, 0.15) is 316 Å². The SMILES string of the molecule is CCCCCCC/C=C\C/C=C\C/C=C\CCCCCCCCCCCCCCCCCCCCCCCCC(=O)NC(COP(=O)([O-])OCC[N+](C)(C)C)C(O)CCCCCCCCCCCCCCCC. The Morgan fingerprint density at radius 2 is 0.795 bits per heavy atom. The topological polar surface area (TPSA) is 108 Å². The van der Waals surface area contributed by atoms with Gasteiger partial charge in [-0.3, -0.25) is 9.36 Å². The van der Waals surface area contributed by atoms with Crippen molar-refractivity contribution < 1.29 is 32.9 Å². The molecular weight excluding hydrogens is 924 g/mol. The Balaban J connectivity index is 3.90. The second-order valence-corrected chi connectivity index (χ2v) is 24.5. The van der Waals surface area contributed by atoms with Crippen molar-refractivity contribution in [1.29, 1.82) is 0 Å². The summed E-state index contributed by atoms with van der Waals surface area (Å²) in [7, 11) is 1.32. The Morgan fingerprint density at radius 3 is 1.15 bits per heavy atom. The van der Waals surface area contributed by atoms with Gasteiger partial charge in [0, 0.05) is 6.42 Å². The molecule has 0 bridgehead atoms. The van der Waals surface area contributed by atoms with Gasteiger partial charge in [-0.15, -0.1) is 0 Å². The Bertz CT molecular complexity index is 1280. The normalized spacial score (nSPS) is 14.0. The highest BCUT2D eigenvalue weighted by Crippen LogP contribution is 2.38. The van der Waals surface area contributed by atoms with Crippen LogP contribution in [-0.2, 0) is 18.4 Å². The van der Waals surface area contributed by atoms with Crippen LogP contribution in [0, 0.1) is 0 Å². The molecule has 0 aromatic heterocycles. The van der Waals surface area contributed by atoms with Crippen LogP contribution in [0.5, 0.6) is 0 Å². The average molecular weight is 1050 g/mol. The van der Waals surface area contributed by atoms with Gasteiger partial charge in [0.2, 0.25) is 5.91 Å². The van der Waals surface area contributed by atoms with Crippen LogP contribution in [0.4, 0.5) is 0 Å². The molecule has 73 heavy (non-hydrogen) atoms. The summed E-state index contributed by atoms with van der Waals surface area (Å²) < 4.78 is 23.4. The maximum absolute atomic E-state index is 13.0. The molecule has 3 atom stereocenters. The predicted molar refractivity (Wildman–Crippen MR) is 316 cm³/mol. The zero-order valence-electron chi connectivity index (χ0n) is 49.4. The molecule has 432 valence electrons. The number of carbonyl (C=O) groups is 1. The van der Waals surface area contributed by atoms with E-state index in [0.717, 1.165) is 51.4 Å². The van der Waals surface area contributed by atoms with Crippen LogP contribution in [0.2, 0.25) is 0 Å². The highest BCUT2D eigenvalue weighted by Gasteiger charge is 2.24. The van der Waals surface area contributed by atoms with Gasteiger partial charge in [-0.2, -0.15) is 0 Å². The van der Waals surface area contributed by atoms with E-state index in [1.165, 1.54) is 238 Å². The summed E-state index contributed by atoms with van der Waals surface area (Å²) in [6, 6.07) is -0.798. The first-order valence-electron chi connectivity index (χ1n) is 31.8. The molecule has 0 spiro atoms. The van der Waals surface area contributed by atoms with E-state index in [1.54, 1.807) is 0 Å². The summed E-state index contributed by atoms with van der Waals surface area (Å²) in [5.74, 6) is -0.159. The number of nitrogens with one attached hydrogen (secondary N) is 1. The van der Waals surface area contributed by atoms with Crippen LogP contribution in [0.15, 0.2) is 36.5 Å². The number of aliphatic hydroxyl groups is 1. The number of nitrogens with zero attached hydrogens (tertiary/aromatic N) is 1. The van der Waals surface area contributed by atoms with Gasteiger partial charge < -0.3 is 28.8 Å². The molecule has 0 aliphatic heterocycles. The molecule has 0 aliphatic carbocycles. The van der Waals surface area contributed by atoms with E-state index in [2.05, 4.69) is 55.6 Å². The fourth-order valence-corrected chi connectivity index (χ4v) is 10.4. The summed E-state index contributed by atoms with van der Waals surface area (Å²) in [5, 5.41) is 14.0. The molecule has 0 saturated carbocycles. The van der Waals surface area contributed by atoms with Gasteiger partial charge in [-0.1, -0.05) is 294 Å². The van der Waals surface area contributed by atoms with Crippen LogP contribution in [0.3, 0.4) is 0 Å². The predicted octanol–water partition coefficient (Wildman–Crippen LogP) is 19.1. The number of quaternary nitrogens is 1. The molecule has 0 aromatic carbocycles. The first-order chi connectivity index (χ1) is 35.5. The van der Waals surface area contributed by atoms with Crippen molar-refractivity contribution in [2.75, 3.05) is 40.9 Å². The Morgan fingerprint density at radius 1 is 0.479 bits per heavy atom. The summed E-state index contributed by atoms with van der Waals surface area (Å²) in [5.41, 5.74) is 0. The Kier molecular flexibility index (Phi) is 54.5. The molecule has 9 heteroatoms. The third-order valence-electron chi connectivity index (χ3n) is 14.6. The number of amides is 1. The monoisotopic (exact) mass is 1050 g/mol. The molecule has 8 nitrogen and oxygen atoms in total. The lowest BCUT2D eigenvalue weighted by Gasteiger charge is -2.30. The van der Waals surface area contributed by atoms with Crippen LogP contribution in [-0.4, -0.2) is 68.5 Å². The van der Waals surface area contributed by atoms with E-state index in [-0.39, 0.29) is 19.1 Å². The highest BCUT2D eigenvalue weighted by molar-refractivity contribution is 7.45. The first kappa shape index (κ1) is 71.7. The van der Waals surface area contributed by atoms with Gasteiger partial charge in [0.15, 0.2) is 0 Å². The molecule has 2 N–H and O–H groups in total. The van der Waals surface area contributed by atoms with Gasteiger partial charge in [0.1, 0.15) is 13.2 Å². The van der Waals surface area contributed by atoms with Crippen molar-refractivity contribution in [3.8, 4) is 0 Å². The lowest BCUT2D eigenvalue weighted by atomic mass is 10.0. The van der Waals surface area contributed by atoms with Gasteiger partial charge in [-0.05, 0) is 51.4 Å². The van der Waals surface area contributed by atoms with Crippen molar-refractivity contribution >= 4 is 13.7 Å². The van der Waals surface area contributed by atoms with E-state index in [1.807, 2.05) is 21.1 Å². The molecule has 3 unspecified atom stereocenters. The number of phosphoric acid groups is 1. The zero-order chi connectivity index (χ0) is 53.5. The number of likely N-dealkylation sites (N-methyl/N-ethyl adjacent to an activating group) is 1. The Labute approximate surface area is 455 Å². The van der Waals surface area contributed by atoms with E-state index >= 15 is 0 Å². The quantitative estimate of drug-likeness (QED) is 0.0272. The van der Waals surface area contributed by atoms with Crippen molar-refractivity contribution in [2.45, 2.75) is 328 Å². The fraction of sp³-hybridized carbons (Fsp3) is 0.891. The van der Waals surface area contributed by atoms with Crippen LogP contribution in [0.25, 0.3) is 0 Å². The second-order valence-electron chi connectivity index (χ2n) is 23.1. The largest absolute Gasteiger partial charge is 0.756 e. The molecule has 0 aromatic rings. The van der Waals surface area contributed by atoms with Crippen LogP contribution >= 0.6 is 7.82 Å². The molecule has 0 aliphatic rings. The maximum atomic E-state index is 13.0. The number of carbonyl (C=O) groups excluding carboxylic acids is 1.